The van der Waals surface area contributed by atoms with Gasteiger partial charge in [-0.25, -0.2) is 0 Å². The van der Waals surface area contributed by atoms with Crippen LogP contribution in [0, 0.1) is 0 Å². The molecule has 9 rings (SSSR count). The first-order valence-corrected chi connectivity index (χ1v) is 15.9. The molecule has 45 heavy (non-hydrogen) atoms. The van der Waals surface area contributed by atoms with E-state index in [1.54, 1.807) is 0 Å². The average molecular weight is 583 g/mol. The molecule has 0 saturated carbocycles. The van der Waals surface area contributed by atoms with Crippen LogP contribution in [-0.4, -0.2) is 0 Å². The highest BCUT2D eigenvalue weighted by molar-refractivity contribution is 6.18. The number of rotatable bonds is 2. The lowest BCUT2D eigenvalue weighted by Crippen LogP contribution is -2.20. The Morgan fingerprint density at radius 3 is 1.93 bits per heavy atom. The zero-order valence-corrected chi connectivity index (χ0v) is 26.3. The third-order valence-electron chi connectivity index (χ3n) is 10.0. The van der Waals surface area contributed by atoms with Crippen molar-refractivity contribution < 1.29 is 8.83 Å². The number of para-hydroxylation sites is 1. The van der Waals surface area contributed by atoms with E-state index in [1.807, 2.05) is 0 Å². The van der Waals surface area contributed by atoms with Gasteiger partial charge in [-0.2, -0.15) is 0 Å². The fourth-order valence-corrected chi connectivity index (χ4v) is 7.66. The Bertz CT molecular complexity index is 2480. The molecule has 0 amide bonds. The summed E-state index contributed by atoms with van der Waals surface area (Å²) >= 11 is 0. The highest BCUT2D eigenvalue weighted by Gasteiger charge is 2.32. The first kappa shape index (κ1) is 26.3. The van der Waals surface area contributed by atoms with Gasteiger partial charge in [0.2, 0.25) is 0 Å². The predicted octanol–water partition coefficient (Wildman–Crippen LogP) is 12.4. The van der Waals surface area contributed by atoms with E-state index in [1.165, 1.54) is 55.1 Å². The lowest BCUT2D eigenvalue weighted by molar-refractivity contribution is 0.573. The van der Waals surface area contributed by atoms with Crippen LogP contribution in [0.15, 0.2) is 124 Å². The Balaban J connectivity index is 1.40. The average Bonchev–Trinajstić information content (AvgIpc) is 3.62. The van der Waals surface area contributed by atoms with Crippen LogP contribution >= 0.6 is 0 Å². The van der Waals surface area contributed by atoms with E-state index in [0.717, 1.165) is 38.8 Å². The lowest BCUT2D eigenvalue weighted by Gasteiger charge is -2.30. The minimum absolute atomic E-state index is 0.0590. The predicted molar refractivity (Wildman–Crippen MR) is 188 cm³/mol. The van der Waals surface area contributed by atoms with Crippen LogP contribution in [0.1, 0.15) is 51.3 Å². The van der Waals surface area contributed by atoms with Crippen LogP contribution in [-0.2, 0) is 10.8 Å². The minimum Gasteiger partial charge on any atom is -0.456 e. The van der Waals surface area contributed by atoms with E-state index < -0.39 is 0 Å². The van der Waals surface area contributed by atoms with E-state index in [9.17, 15) is 0 Å². The lowest BCUT2D eigenvalue weighted by atomic mass is 9.73. The molecular formula is C43H34O2. The van der Waals surface area contributed by atoms with Gasteiger partial charge in [0.1, 0.15) is 22.3 Å². The molecule has 0 N–H and O–H groups in total. The molecule has 2 bridgehead atoms. The number of hydrogen-bond donors (Lipinski definition) is 0. The summed E-state index contributed by atoms with van der Waals surface area (Å²) < 4.78 is 13.4. The first-order chi connectivity index (χ1) is 21.7. The molecule has 2 nitrogen and oxygen atoms in total. The number of hydrogen-bond acceptors (Lipinski definition) is 2. The van der Waals surface area contributed by atoms with Crippen LogP contribution in [0.5, 0.6) is 0 Å². The Kier molecular flexibility index (Phi) is 5.26. The normalized spacial score (nSPS) is 14.1. The van der Waals surface area contributed by atoms with Crippen molar-refractivity contribution in [2.45, 2.75) is 45.4 Å². The molecule has 1 aliphatic carbocycles. The number of furan rings is 2. The topological polar surface area (TPSA) is 26.3 Å². The molecule has 0 fully saturated rings. The van der Waals surface area contributed by atoms with Gasteiger partial charge in [0.25, 0.3) is 0 Å². The van der Waals surface area contributed by atoms with E-state index >= 15 is 0 Å². The Morgan fingerprint density at radius 2 is 1.18 bits per heavy atom. The van der Waals surface area contributed by atoms with Gasteiger partial charge in [-0.3, -0.25) is 0 Å². The Hall–Kier alpha value is -5.08. The first-order valence-electron chi connectivity index (χ1n) is 15.9. The molecule has 0 radical (unpaired) electrons. The highest BCUT2D eigenvalue weighted by Crippen LogP contribution is 2.49. The minimum atomic E-state index is -0.241. The Morgan fingerprint density at radius 1 is 0.511 bits per heavy atom. The summed E-state index contributed by atoms with van der Waals surface area (Å²) in [5.41, 5.74) is 14.4. The third-order valence-corrected chi connectivity index (χ3v) is 10.0. The van der Waals surface area contributed by atoms with Gasteiger partial charge in [-0.1, -0.05) is 126 Å². The standard InChI is InChI=1S/C43H34O2/c1-42(2,3)34-17-9-15-32-37-30(20-21-31(41(37)45-40(32)34)25-12-7-6-8-13-25)27-22-26-23-28(24-27)43(4,5)33-16-11-19-36-39(33)38-29(26)14-10-18-35(38)44-36/h6-24H,1-5H3. The maximum Gasteiger partial charge on any atom is 0.143 e. The molecule has 2 heteroatoms. The molecule has 0 unspecified atom stereocenters. The van der Waals surface area contributed by atoms with Crippen molar-refractivity contribution in [2.24, 2.45) is 0 Å². The van der Waals surface area contributed by atoms with Gasteiger partial charge in [-0.15, -0.1) is 0 Å². The van der Waals surface area contributed by atoms with Crippen LogP contribution < -0.4 is 0 Å². The molecule has 0 saturated heterocycles. The van der Waals surface area contributed by atoms with E-state index in [-0.39, 0.29) is 10.8 Å². The number of benzene rings is 6. The largest absolute Gasteiger partial charge is 0.456 e. The SMILES string of the molecule is CC(C)(C)c1cccc2c1oc1c(-c3ccccc3)ccc(-c3cc4cc(c3)C(C)(C)c3cccc5oc6cccc-4c6c35)c12. The van der Waals surface area contributed by atoms with Crippen molar-refractivity contribution in [2.75, 3.05) is 0 Å². The molecule has 6 aromatic carbocycles. The van der Waals surface area contributed by atoms with Gasteiger partial charge in [0.05, 0.1) is 0 Å². The van der Waals surface area contributed by atoms with E-state index in [4.69, 9.17) is 8.83 Å². The van der Waals surface area contributed by atoms with Crippen molar-refractivity contribution in [1.82, 2.24) is 0 Å². The van der Waals surface area contributed by atoms with E-state index in [2.05, 4.69) is 150 Å². The molecule has 0 atom stereocenters. The summed E-state index contributed by atoms with van der Waals surface area (Å²) in [6, 6.07) is 41.9. The summed E-state index contributed by atoms with van der Waals surface area (Å²) in [6.07, 6.45) is 0. The zero-order chi connectivity index (χ0) is 30.7. The van der Waals surface area contributed by atoms with Gasteiger partial charge >= 0.3 is 0 Å². The molecule has 8 aromatic rings. The van der Waals surface area contributed by atoms with Crippen molar-refractivity contribution in [1.29, 1.82) is 0 Å². The monoisotopic (exact) mass is 582 g/mol. The second kappa shape index (κ2) is 8.99. The second-order valence-corrected chi connectivity index (χ2v) is 14.1. The summed E-state index contributed by atoms with van der Waals surface area (Å²) in [4.78, 5) is 0. The van der Waals surface area contributed by atoms with Gasteiger partial charge in [-0.05, 0) is 68.6 Å². The van der Waals surface area contributed by atoms with Gasteiger partial charge in [0, 0.05) is 38.1 Å². The second-order valence-electron chi connectivity index (χ2n) is 14.1. The maximum absolute atomic E-state index is 6.95. The highest BCUT2D eigenvalue weighted by atomic mass is 16.3. The summed E-state index contributed by atoms with van der Waals surface area (Å²) in [7, 11) is 0. The molecule has 2 aromatic heterocycles. The molecule has 218 valence electrons. The number of fused-ring (bicyclic) bond motifs is 6. The summed E-state index contributed by atoms with van der Waals surface area (Å²) in [5, 5.41) is 4.76. The quantitative estimate of drug-likeness (QED) is 0.203. The van der Waals surface area contributed by atoms with E-state index in [0.29, 0.717) is 0 Å². The van der Waals surface area contributed by atoms with Crippen LogP contribution in [0.4, 0.5) is 0 Å². The van der Waals surface area contributed by atoms with Crippen molar-refractivity contribution in [3.05, 3.63) is 132 Å². The van der Waals surface area contributed by atoms with Crippen LogP contribution in [0.25, 0.3) is 77.3 Å². The van der Waals surface area contributed by atoms with Crippen LogP contribution in [0.2, 0.25) is 0 Å². The maximum atomic E-state index is 6.95. The molecule has 1 aliphatic rings. The van der Waals surface area contributed by atoms with Crippen LogP contribution in [0.3, 0.4) is 0 Å². The molecule has 0 spiro atoms. The van der Waals surface area contributed by atoms with Gasteiger partial charge < -0.3 is 8.83 Å². The fraction of sp³-hybridized carbons (Fsp3) is 0.163. The molecule has 0 aliphatic heterocycles. The third kappa shape index (κ3) is 3.69. The summed E-state index contributed by atoms with van der Waals surface area (Å²) in [6.45, 7) is 11.5. The molecular weight excluding hydrogens is 548 g/mol. The van der Waals surface area contributed by atoms with Crippen molar-refractivity contribution in [3.63, 3.8) is 0 Å². The smallest absolute Gasteiger partial charge is 0.143 e. The zero-order valence-electron chi connectivity index (χ0n) is 26.3. The molecule has 2 heterocycles. The van der Waals surface area contributed by atoms with Gasteiger partial charge in [0.15, 0.2) is 0 Å². The summed E-state index contributed by atoms with van der Waals surface area (Å²) in [5.74, 6) is 0. The Labute approximate surface area is 262 Å². The fourth-order valence-electron chi connectivity index (χ4n) is 7.66. The van der Waals surface area contributed by atoms with Crippen molar-refractivity contribution in [3.8, 4) is 33.4 Å². The van der Waals surface area contributed by atoms with Crippen molar-refractivity contribution >= 4 is 43.9 Å².